The zero-order chi connectivity index (χ0) is 15.1. The highest BCUT2D eigenvalue weighted by Gasteiger charge is 2.21. The highest BCUT2D eigenvalue weighted by molar-refractivity contribution is 7.11. The number of halogens is 1. The first-order chi connectivity index (χ1) is 10.0. The van der Waals surface area contributed by atoms with Gasteiger partial charge in [0.25, 0.3) is 0 Å². The molecule has 0 bridgehead atoms. The highest BCUT2D eigenvalue weighted by atomic mass is 35.5. The first-order valence-electron chi connectivity index (χ1n) is 6.85. The fourth-order valence-electron chi connectivity index (χ4n) is 2.71. The van der Waals surface area contributed by atoms with E-state index in [2.05, 4.69) is 26.4 Å². The van der Waals surface area contributed by atoms with E-state index in [1.54, 1.807) is 11.3 Å². The quantitative estimate of drug-likeness (QED) is 0.680. The van der Waals surface area contributed by atoms with E-state index in [-0.39, 0.29) is 6.04 Å². The van der Waals surface area contributed by atoms with Crippen molar-refractivity contribution in [3.8, 4) is 0 Å². The van der Waals surface area contributed by atoms with Crippen LogP contribution in [0.25, 0.3) is 11.2 Å². The molecule has 0 fully saturated rings. The minimum Gasteiger partial charge on any atom is -0.303 e. The highest BCUT2D eigenvalue weighted by Crippen LogP contribution is 2.32. The second-order valence-electron chi connectivity index (χ2n) is 5.19. The molecule has 0 aliphatic rings. The number of alkyl halides is 1. The van der Waals surface area contributed by atoms with E-state index in [0.717, 1.165) is 33.3 Å². The van der Waals surface area contributed by atoms with E-state index in [4.69, 9.17) is 11.6 Å². The Morgan fingerprint density at radius 1 is 1.29 bits per heavy atom. The SMILES string of the molecule is Cc1nc(C)c(C(C)n2c(CCl)nc3c(C)ccnc32)s1. The molecule has 1 atom stereocenters. The third-order valence-electron chi connectivity index (χ3n) is 3.68. The van der Waals surface area contributed by atoms with Gasteiger partial charge in [-0.05, 0) is 39.3 Å². The van der Waals surface area contributed by atoms with Crippen molar-refractivity contribution >= 4 is 34.1 Å². The summed E-state index contributed by atoms with van der Waals surface area (Å²) < 4.78 is 2.13. The first-order valence-corrected chi connectivity index (χ1v) is 8.20. The lowest BCUT2D eigenvalue weighted by molar-refractivity contribution is 0.634. The first kappa shape index (κ1) is 14.5. The standard InChI is InChI=1S/C15H17ClN4S/c1-8-5-6-17-15-13(8)19-12(7-16)20(15)10(3)14-9(2)18-11(4)21-14/h5-6,10H,7H2,1-4H3. The van der Waals surface area contributed by atoms with E-state index in [9.17, 15) is 0 Å². The molecule has 3 aromatic rings. The smallest absolute Gasteiger partial charge is 0.160 e. The Labute approximate surface area is 132 Å². The molecule has 0 aliphatic heterocycles. The van der Waals surface area contributed by atoms with Crippen molar-refractivity contribution in [1.29, 1.82) is 0 Å². The Kier molecular flexibility index (Phi) is 3.71. The summed E-state index contributed by atoms with van der Waals surface area (Å²) in [5, 5.41) is 1.08. The van der Waals surface area contributed by atoms with Gasteiger partial charge in [0.2, 0.25) is 0 Å². The molecule has 110 valence electrons. The topological polar surface area (TPSA) is 43.6 Å². The van der Waals surface area contributed by atoms with Crippen LogP contribution in [0, 0.1) is 20.8 Å². The van der Waals surface area contributed by atoms with E-state index in [1.165, 1.54) is 4.88 Å². The summed E-state index contributed by atoms with van der Waals surface area (Å²) in [6.07, 6.45) is 1.82. The molecule has 3 heterocycles. The lowest BCUT2D eigenvalue weighted by Gasteiger charge is -2.15. The molecule has 0 N–H and O–H groups in total. The molecule has 21 heavy (non-hydrogen) atoms. The van der Waals surface area contributed by atoms with E-state index in [0.29, 0.717) is 5.88 Å². The zero-order valence-corrected chi connectivity index (χ0v) is 14.1. The van der Waals surface area contributed by atoms with Crippen LogP contribution in [-0.4, -0.2) is 19.5 Å². The number of aryl methyl sites for hydroxylation is 3. The average Bonchev–Trinajstić information content (AvgIpc) is 2.99. The van der Waals surface area contributed by atoms with Crippen molar-refractivity contribution in [3.63, 3.8) is 0 Å². The molecule has 0 saturated heterocycles. The molecule has 4 nitrogen and oxygen atoms in total. The zero-order valence-electron chi connectivity index (χ0n) is 12.5. The fraction of sp³-hybridized carbons (Fsp3) is 0.400. The van der Waals surface area contributed by atoms with Gasteiger partial charge in [-0.1, -0.05) is 0 Å². The lowest BCUT2D eigenvalue weighted by Crippen LogP contribution is -2.10. The largest absolute Gasteiger partial charge is 0.303 e. The monoisotopic (exact) mass is 320 g/mol. The van der Waals surface area contributed by atoms with Crippen molar-refractivity contribution in [3.05, 3.63) is 39.2 Å². The van der Waals surface area contributed by atoms with Crippen LogP contribution in [0.2, 0.25) is 0 Å². The second-order valence-corrected chi connectivity index (χ2v) is 6.69. The van der Waals surface area contributed by atoms with Gasteiger partial charge in [0.1, 0.15) is 11.3 Å². The Bertz CT molecular complexity index is 805. The Hall–Kier alpha value is -1.46. The summed E-state index contributed by atoms with van der Waals surface area (Å²) in [4.78, 5) is 15.0. The molecule has 3 aromatic heterocycles. The Morgan fingerprint density at radius 2 is 2.05 bits per heavy atom. The van der Waals surface area contributed by atoms with Gasteiger partial charge in [0, 0.05) is 6.20 Å². The number of rotatable bonds is 3. The molecular formula is C15H17ClN4S. The van der Waals surface area contributed by atoms with Crippen LogP contribution in [0.1, 0.15) is 39.9 Å². The van der Waals surface area contributed by atoms with Crippen LogP contribution in [0.5, 0.6) is 0 Å². The molecular weight excluding hydrogens is 304 g/mol. The summed E-state index contributed by atoms with van der Waals surface area (Å²) >= 11 is 7.83. The van der Waals surface area contributed by atoms with Gasteiger partial charge in [-0.2, -0.15) is 0 Å². The summed E-state index contributed by atoms with van der Waals surface area (Å²) in [5.74, 6) is 1.23. The molecule has 0 aromatic carbocycles. The van der Waals surface area contributed by atoms with Crippen LogP contribution in [0.3, 0.4) is 0 Å². The number of thiazole rings is 1. The van der Waals surface area contributed by atoms with Crippen molar-refractivity contribution in [2.75, 3.05) is 0 Å². The van der Waals surface area contributed by atoms with Crippen LogP contribution < -0.4 is 0 Å². The maximum atomic E-state index is 6.11. The summed E-state index contributed by atoms with van der Waals surface area (Å²) in [7, 11) is 0. The van der Waals surface area contributed by atoms with Gasteiger partial charge < -0.3 is 4.57 Å². The summed E-state index contributed by atoms with van der Waals surface area (Å²) in [5.41, 5.74) is 4.01. The molecule has 0 radical (unpaired) electrons. The maximum Gasteiger partial charge on any atom is 0.160 e. The van der Waals surface area contributed by atoms with Gasteiger partial charge in [-0.15, -0.1) is 22.9 Å². The van der Waals surface area contributed by atoms with Crippen LogP contribution in [0.15, 0.2) is 12.3 Å². The summed E-state index contributed by atoms with van der Waals surface area (Å²) in [6, 6.07) is 2.11. The number of imidazole rings is 1. The molecule has 0 saturated carbocycles. The Morgan fingerprint density at radius 3 is 2.67 bits per heavy atom. The third-order valence-corrected chi connectivity index (χ3v) is 5.16. The molecule has 6 heteroatoms. The van der Waals surface area contributed by atoms with Gasteiger partial charge in [0.05, 0.1) is 27.5 Å². The number of pyridine rings is 1. The maximum absolute atomic E-state index is 6.11. The second kappa shape index (κ2) is 5.39. The minimum atomic E-state index is 0.129. The normalized spacial score (nSPS) is 13.0. The van der Waals surface area contributed by atoms with E-state index >= 15 is 0 Å². The number of hydrogen-bond donors (Lipinski definition) is 0. The van der Waals surface area contributed by atoms with Gasteiger partial charge >= 0.3 is 0 Å². The van der Waals surface area contributed by atoms with E-state index in [1.807, 2.05) is 33.0 Å². The Balaban J connectivity index is 2.23. The molecule has 0 aliphatic carbocycles. The van der Waals surface area contributed by atoms with Crippen molar-refractivity contribution < 1.29 is 0 Å². The van der Waals surface area contributed by atoms with Crippen molar-refractivity contribution in [2.45, 2.75) is 39.6 Å². The molecule has 1 unspecified atom stereocenters. The fourth-order valence-corrected chi connectivity index (χ4v) is 3.87. The summed E-state index contributed by atoms with van der Waals surface area (Å²) in [6.45, 7) is 8.28. The minimum absolute atomic E-state index is 0.129. The average molecular weight is 321 g/mol. The number of hydrogen-bond acceptors (Lipinski definition) is 4. The predicted molar refractivity (Wildman–Crippen MR) is 87.2 cm³/mol. The number of nitrogens with zero attached hydrogens (tertiary/aromatic N) is 4. The van der Waals surface area contributed by atoms with E-state index < -0.39 is 0 Å². The van der Waals surface area contributed by atoms with Gasteiger partial charge in [-0.3, -0.25) is 0 Å². The number of aromatic nitrogens is 4. The predicted octanol–water partition coefficient (Wildman–Crippen LogP) is 4.16. The lowest BCUT2D eigenvalue weighted by atomic mass is 10.2. The molecule has 0 amide bonds. The van der Waals surface area contributed by atoms with Crippen LogP contribution in [0.4, 0.5) is 0 Å². The third kappa shape index (κ3) is 2.34. The van der Waals surface area contributed by atoms with Crippen molar-refractivity contribution in [1.82, 2.24) is 19.5 Å². The van der Waals surface area contributed by atoms with Crippen molar-refractivity contribution in [2.24, 2.45) is 0 Å². The molecule has 0 spiro atoms. The van der Waals surface area contributed by atoms with Crippen LogP contribution >= 0.6 is 22.9 Å². The van der Waals surface area contributed by atoms with Gasteiger partial charge in [0.15, 0.2) is 5.65 Å². The number of fused-ring (bicyclic) bond motifs is 1. The molecule has 3 rings (SSSR count). The van der Waals surface area contributed by atoms with Gasteiger partial charge in [-0.25, -0.2) is 15.0 Å². The van der Waals surface area contributed by atoms with Crippen LogP contribution in [-0.2, 0) is 5.88 Å².